The van der Waals surface area contributed by atoms with Crippen LogP contribution in [0.15, 0.2) is 29.6 Å². The van der Waals surface area contributed by atoms with Crippen molar-refractivity contribution in [1.82, 2.24) is 10.3 Å². The minimum atomic E-state index is -0.431. The third kappa shape index (κ3) is 4.03. The van der Waals surface area contributed by atoms with E-state index < -0.39 is 6.04 Å². The van der Waals surface area contributed by atoms with Gasteiger partial charge in [0.2, 0.25) is 5.91 Å². The van der Waals surface area contributed by atoms with Gasteiger partial charge in [-0.3, -0.25) is 4.79 Å². The molecular formula is C14H15ClN2O2S. The van der Waals surface area contributed by atoms with Gasteiger partial charge in [0.25, 0.3) is 0 Å². The van der Waals surface area contributed by atoms with Crippen LogP contribution in [0.3, 0.4) is 0 Å². The van der Waals surface area contributed by atoms with E-state index in [2.05, 4.69) is 10.3 Å². The second-order valence-electron chi connectivity index (χ2n) is 4.39. The standard InChI is InChI=1S/C14H15ClN2O2S/c1-9-16-12(8-20-9)6-14(19)17-13(7-18)10-2-4-11(15)5-3-10/h2-5,8,13,18H,6-7H2,1H3,(H,17,19). The van der Waals surface area contributed by atoms with Crippen molar-refractivity contribution in [3.63, 3.8) is 0 Å². The third-order valence-corrected chi connectivity index (χ3v) is 3.87. The van der Waals surface area contributed by atoms with Gasteiger partial charge in [0.15, 0.2) is 0 Å². The van der Waals surface area contributed by atoms with Crippen LogP contribution in [-0.2, 0) is 11.2 Å². The molecule has 1 unspecified atom stereocenters. The van der Waals surface area contributed by atoms with Crippen molar-refractivity contribution in [3.05, 3.63) is 50.9 Å². The minimum Gasteiger partial charge on any atom is -0.394 e. The van der Waals surface area contributed by atoms with E-state index in [1.54, 1.807) is 24.3 Å². The molecule has 0 fully saturated rings. The lowest BCUT2D eigenvalue weighted by Gasteiger charge is -2.16. The monoisotopic (exact) mass is 310 g/mol. The molecule has 1 aromatic heterocycles. The Morgan fingerprint density at radius 1 is 1.45 bits per heavy atom. The first-order chi connectivity index (χ1) is 9.58. The largest absolute Gasteiger partial charge is 0.394 e. The van der Waals surface area contributed by atoms with Crippen molar-refractivity contribution in [1.29, 1.82) is 0 Å². The zero-order valence-corrected chi connectivity index (χ0v) is 12.5. The van der Waals surface area contributed by atoms with Crippen molar-refractivity contribution < 1.29 is 9.90 Å². The van der Waals surface area contributed by atoms with Gasteiger partial charge >= 0.3 is 0 Å². The highest BCUT2D eigenvalue weighted by molar-refractivity contribution is 7.09. The van der Waals surface area contributed by atoms with Gasteiger partial charge in [-0.05, 0) is 24.6 Å². The number of hydrogen-bond donors (Lipinski definition) is 2. The van der Waals surface area contributed by atoms with Crippen LogP contribution < -0.4 is 5.32 Å². The Labute approximate surface area is 126 Å². The number of carbonyl (C=O) groups is 1. The highest BCUT2D eigenvalue weighted by atomic mass is 35.5. The molecule has 106 valence electrons. The number of nitrogens with one attached hydrogen (secondary N) is 1. The van der Waals surface area contributed by atoms with E-state index in [1.807, 2.05) is 12.3 Å². The summed E-state index contributed by atoms with van der Waals surface area (Å²) < 4.78 is 0. The molecule has 1 amide bonds. The summed E-state index contributed by atoms with van der Waals surface area (Å²) in [6.07, 6.45) is 0.217. The van der Waals surface area contributed by atoms with Gasteiger partial charge in [-0.2, -0.15) is 0 Å². The fourth-order valence-corrected chi connectivity index (χ4v) is 2.57. The van der Waals surface area contributed by atoms with Crippen LogP contribution >= 0.6 is 22.9 Å². The van der Waals surface area contributed by atoms with Gasteiger partial charge in [-0.15, -0.1) is 11.3 Å². The molecule has 20 heavy (non-hydrogen) atoms. The normalized spacial score (nSPS) is 12.2. The average molecular weight is 311 g/mol. The molecular weight excluding hydrogens is 296 g/mol. The van der Waals surface area contributed by atoms with Crippen LogP contribution in [0, 0.1) is 6.92 Å². The highest BCUT2D eigenvalue weighted by Crippen LogP contribution is 2.16. The van der Waals surface area contributed by atoms with E-state index in [0.29, 0.717) is 5.02 Å². The number of nitrogens with zero attached hydrogens (tertiary/aromatic N) is 1. The Hall–Kier alpha value is -1.43. The summed E-state index contributed by atoms with van der Waals surface area (Å²) in [4.78, 5) is 16.2. The molecule has 1 aromatic carbocycles. The smallest absolute Gasteiger partial charge is 0.226 e. The molecule has 1 atom stereocenters. The quantitative estimate of drug-likeness (QED) is 0.892. The van der Waals surface area contributed by atoms with Crippen molar-refractivity contribution >= 4 is 28.8 Å². The van der Waals surface area contributed by atoms with Gasteiger partial charge in [-0.1, -0.05) is 23.7 Å². The van der Waals surface area contributed by atoms with E-state index in [-0.39, 0.29) is 18.9 Å². The second-order valence-corrected chi connectivity index (χ2v) is 5.89. The number of benzene rings is 1. The van der Waals surface area contributed by atoms with E-state index in [1.165, 1.54) is 11.3 Å². The molecule has 2 N–H and O–H groups in total. The highest BCUT2D eigenvalue weighted by Gasteiger charge is 2.14. The maximum absolute atomic E-state index is 11.9. The second kappa shape index (κ2) is 6.83. The Kier molecular flexibility index (Phi) is 5.11. The summed E-state index contributed by atoms with van der Waals surface area (Å²) in [5.41, 5.74) is 1.57. The lowest BCUT2D eigenvalue weighted by atomic mass is 10.1. The average Bonchev–Trinajstić information content (AvgIpc) is 2.82. The van der Waals surface area contributed by atoms with Crippen LogP contribution in [0.25, 0.3) is 0 Å². The van der Waals surface area contributed by atoms with Gasteiger partial charge < -0.3 is 10.4 Å². The SMILES string of the molecule is Cc1nc(CC(=O)NC(CO)c2ccc(Cl)cc2)cs1. The number of thiazole rings is 1. The molecule has 0 saturated carbocycles. The number of amides is 1. The van der Waals surface area contributed by atoms with E-state index >= 15 is 0 Å². The Morgan fingerprint density at radius 3 is 2.70 bits per heavy atom. The zero-order chi connectivity index (χ0) is 14.5. The summed E-state index contributed by atoms with van der Waals surface area (Å²) in [6.45, 7) is 1.74. The van der Waals surface area contributed by atoms with Crippen LogP contribution in [0.5, 0.6) is 0 Å². The molecule has 2 rings (SSSR count). The van der Waals surface area contributed by atoms with Crippen LogP contribution in [0.1, 0.15) is 22.3 Å². The minimum absolute atomic E-state index is 0.163. The predicted octanol–water partition coefficient (Wildman–Crippen LogP) is 2.50. The number of rotatable bonds is 5. The van der Waals surface area contributed by atoms with E-state index in [9.17, 15) is 9.90 Å². The summed E-state index contributed by atoms with van der Waals surface area (Å²) in [7, 11) is 0. The van der Waals surface area contributed by atoms with Crippen LogP contribution in [-0.4, -0.2) is 22.6 Å². The molecule has 6 heteroatoms. The summed E-state index contributed by atoms with van der Waals surface area (Å²) in [5, 5.41) is 15.6. The molecule has 1 heterocycles. The van der Waals surface area contributed by atoms with Crippen molar-refractivity contribution in [2.75, 3.05) is 6.61 Å². The first-order valence-electron chi connectivity index (χ1n) is 6.15. The molecule has 0 aliphatic carbocycles. The molecule has 0 radical (unpaired) electrons. The zero-order valence-electron chi connectivity index (χ0n) is 11.0. The van der Waals surface area contributed by atoms with E-state index in [0.717, 1.165) is 16.3 Å². The first kappa shape index (κ1) is 15.0. The number of carbonyl (C=O) groups excluding carboxylic acids is 1. The van der Waals surface area contributed by atoms with Gasteiger partial charge in [0.1, 0.15) is 0 Å². The number of aryl methyl sites for hydroxylation is 1. The molecule has 0 bridgehead atoms. The Balaban J connectivity index is 1.99. The van der Waals surface area contributed by atoms with E-state index in [4.69, 9.17) is 11.6 Å². The number of hydrogen-bond acceptors (Lipinski definition) is 4. The fourth-order valence-electron chi connectivity index (χ4n) is 1.83. The topological polar surface area (TPSA) is 62.2 Å². The lowest BCUT2D eigenvalue weighted by molar-refractivity contribution is -0.121. The third-order valence-electron chi connectivity index (χ3n) is 2.80. The summed E-state index contributed by atoms with van der Waals surface area (Å²) in [5.74, 6) is -0.163. The number of aliphatic hydroxyl groups is 1. The van der Waals surface area contributed by atoms with Crippen molar-refractivity contribution in [3.8, 4) is 0 Å². The van der Waals surface area contributed by atoms with Crippen LogP contribution in [0.2, 0.25) is 5.02 Å². The molecule has 4 nitrogen and oxygen atoms in total. The first-order valence-corrected chi connectivity index (χ1v) is 7.41. The molecule has 0 saturated heterocycles. The molecule has 2 aromatic rings. The Bertz CT molecular complexity index is 583. The maximum Gasteiger partial charge on any atom is 0.226 e. The number of halogens is 1. The van der Waals surface area contributed by atoms with Crippen LogP contribution in [0.4, 0.5) is 0 Å². The molecule has 0 aliphatic heterocycles. The number of aliphatic hydroxyl groups excluding tert-OH is 1. The lowest BCUT2D eigenvalue weighted by Crippen LogP contribution is -2.32. The van der Waals surface area contributed by atoms with Crippen molar-refractivity contribution in [2.24, 2.45) is 0 Å². The van der Waals surface area contributed by atoms with Gasteiger partial charge in [-0.25, -0.2) is 4.98 Å². The number of aromatic nitrogens is 1. The fraction of sp³-hybridized carbons (Fsp3) is 0.286. The Morgan fingerprint density at radius 2 is 2.15 bits per heavy atom. The van der Waals surface area contributed by atoms with Crippen molar-refractivity contribution in [2.45, 2.75) is 19.4 Å². The van der Waals surface area contributed by atoms with Gasteiger partial charge in [0.05, 0.1) is 29.8 Å². The molecule has 0 spiro atoms. The maximum atomic E-state index is 11.9. The molecule has 0 aliphatic rings. The van der Waals surface area contributed by atoms with Gasteiger partial charge in [0, 0.05) is 10.4 Å². The predicted molar refractivity (Wildman–Crippen MR) is 80.0 cm³/mol. The summed E-state index contributed by atoms with van der Waals surface area (Å²) >= 11 is 7.33. The summed E-state index contributed by atoms with van der Waals surface area (Å²) in [6, 6.07) is 6.61.